The predicted molar refractivity (Wildman–Crippen MR) is 126 cm³/mol. The highest BCUT2D eigenvalue weighted by atomic mass is 16.6. The zero-order valence-corrected chi connectivity index (χ0v) is 18.3. The molecule has 0 spiro atoms. The van der Waals surface area contributed by atoms with Crippen LogP contribution in [-0.2, 0) is 22.6 Å². The number of nitrogens with zero attached hydrogens (tertiary/aromatic N) is 1. The van der Waals surface area contributed by atoms with Crippen LogP contribution in [0.3, 0.4) is 0 Å². The van der Waals surface area contributed by atoms with Crippen LogP contribution in [0.5, 0.6) is 5.75 Å². The second kappa shape index (κ2) is 11.6. The molecule has 0 saturated carbocycles. The maximum absolute atomic E-state index is 10.7. The molecule has 0 aromatic heterocycles. The summed E-state index contributed by atoms with van der Waals surface area (Å²) in [5.41, 5.74) is 4.80. The van der Waals surface area contributed by atoms with Crippen molar-refractivity contribution in [3.05, 3.63) is 95.6 Å². The Hall–Kier alpha value is -3.80. The maximum atomic E-state index is 10.7. The van der Waals surface area contributed by atoms with E-state index in [1.807, 2.05) is 85.8 Å². The van der Waals surface area contributed by atoms with Crippen LogP contribution in [0.2, 0.25) is 0 Å². The summed E-state index contributed by atoms with van der Waals surface area (Å²) in [5.74, 6) is -0.0277. The summed E-state index contributed by atoms with van der Waals surface area (Å²) >= 11 is 0. The van der Waals surface area contributed by atoms with Crippen LogP contribution in [0.15, 0.2) is 84.0 Å². The van der Waals surface area contributed by atoms with Crippen molar-refractivity contribution in [3.8, 4) is 5.75 Å². The van der Waals surface area contributed by atoms with Crippen molar-refractivity contribution >= 4 is 17.4 Å². The maximum Gasteiger partial charge on any atom is 0.303 e. The molecule has 3 rings (SSSR count). The zero-order chi connectivity index (χ0) is 22.8. The summed E-state index contributed by atoms with van der Waals surface area (Å²) in [6, 6.07) is 25.6. The van der Waals surface area contributed by atoms with E-state index >= 15 is 0 Å². The molecule has 1 atom stereocenters. The number of aliphatic carboxylic acids is 1. The number of aryl methyl sites for hydroxylation is 1. The summed E-state index contributed by atoms with van der Waals surface area (Å²) < 4.78 is 6.08. The van der Waals surface area contributed by atoms with Gasteiger partial charge in [-0.05, 0) is 48.7 Å². The Kier molecular flexibility index (Phi) is 8.26. The minimum Gasteiger partial charge on any atom is -0.484 e. The Morgan fingerprint density at radius 3 is 2.25 bits per heavy atom. The van der Waals surface area contributed by atoms with Crippen molar-refractivity contribution in [2.24, 2.45) is 5.16 Å². The third kappa shape index (κ3) is 6.87. The Morgan fingerprint density at radius 2 is 1.62 bits per heavy atom. The number of carboxylic acid groups (broad SMARTS) is 1. The fourth-order valence-corrected chi connectivity index (χ4v) is 3.26. The van der Waals surface area contributed by atoms with Gasteiger partial charge in [-0.15, -0.1) is 0 Å². The lowest BCUT2D eigenvalue weighted by Crippen LogP contribution is -2.25. The van der Waals surface area contributed by atoms with Gasteiger partial charge in [0.05, 0.1) is 0 Å². The van der Waals surface area contributed by atoms with Gasteiger partial charge in [0.25, 0.3) is 0 Å². The van der Waals surface area contributed by atoms with Crippen molar-refractivity contribution in [2.75, 3.05) is 12.4 Å². The predicted octanol–water partition coefficient (Wildman–Crippen LogP) is 5.13. The van der Waals surface area contributed by atoms with Crippen LogP contribution in [0.4, 0.5) is 5.69 Å². The number of nitrogens with one attached hydrogen (secondary N) is 1. The van der Waals surface area contributed by atoms with Gasteiger partial charge in [0.15, 0.2) is 0 Å². The van der Waals surface area contributed by atoms with Crippen LogP contribution in [-0.4, -0.2) is 30.0 Å². The molecule has 0 bridgehead atoms. The minimum absolute atomic E-state index is 0.143. The molecule has 0 heterocycles. The van der Waals surface area contributed by atoms with Crippen molar-refractivity contribution in [1.29, 1.82) is 0 Å². The fraction of sp³-hybridized carbons (Fsp3) is 0.231. The van der Waals surface area contributed by atoms with E-state index < -0.39 is 5.97 Å². The molecule has 1 unspecified atom stereocenters. The normalized spacial score (nSPS) is 12.1. The molecule has 0 aliphatic carbocycles. The molecule has 0 fully saturated rings. The number of carbonyl (C=O) groups is 1. The molecule has 2 N–H and O–H groups in total. The molecule has 6 heteroatoms. The number of anilines is 1. The number of oxime groups is 1. The lowest BCUT2D eigenvalue weighted by atomic mass is 10.1. The topological polar surface area (TPSA) is 80.2 Å². The standard InChI is InChI=1S/C26H28N2O4/c1-19(26(28-31-2)22-6-4-3-5-7-22)32-24-15-10-21(11-16-24)18-27-23-13-8-20(9-14-23)12-17-25(29)30/h3-11,13-16,19,27H,12,17-18H2,1-2H3,(H,29,30). The lowest BCUT2D eigenvalue weighted by Gasteiger charge is -2.17. The fourth-order valence-electron chi connectivity index (χ4n) is 3.26. The molecular formula is C26H28N2O4. The molecule has 3 aromatic rings. The number of hydrogen-bond acceptors (Lipinski definition) is 5. The molecule has 6 nitrogen and oxygen atoms in total. The molecule has 0 radical (unpaired) electrons. The number of rotatable bonds is 11. The van der Waals surface area contributed by atoms with E-state index in [1.165, 1.54) is 7.11 Å². The highest BCUT2D eigenvalue weighted by Gasteiger charge is 2.16. The average molecular weight is 433 g/mol. The third-order valence-corrected chi connectivity index (χ3v) is 4.96. The molecular weight excluding hydrogens is 404 g/mol. The van der Waals surface area contributed by atoms with E-state index in [4.69, 9.17) is 14.7 Å². The van der Waals surface area contributed by atoms with Gasteiger partial charge in [-0.2, -0.15) is 0 Å². The number of benzene rings is 3. The second-order valence-corrected chi connectivity index (χ2v) is 7.37. The molecule has 0 amide bonds. The SMILES string of the molecule is CON=C(c1ccccc1)C(C)Oc1ccc(CNc2ccc(CCC(=O)O)cc2)cc1. The van der Waals surface area contributed by atoms with E-state index in [2.05, 4.69) is 10.5 Å². The van der Waals surface area contributed by atoms with Crippen LogP contribution >= 0.6 is 0 Å². The van der Waals surface area contributed by atoms with Crippen LogP contribution < -0.4 is 10.1 Å². The van der Waals surface area contributed by atoms with Crippen molar-refractivity contribution in [2.45, 2.75) is 32.4 Å². The zero-order valence-electron chi connectivity index (χ0n) is 18.3. The van der Waals surface area contributed by atoms with Gasteiger partial charge < -0.3 is 20.0 Å². The summed E-state index contributed by atoms with van der Waals surface area (Å²) in [4.78, 5) is 15.7. The van der Waals surface area contributed by atoms with Gasteiger partial charge >= 0.3 is 5.97 Å². The van der Waals surface area contributed by atoms with Gasteiger partial charge in [-0.3, -0.25) is 4.79 Å². The van der Waals surface area contributed by atoms with Crippen molar-refractivity contribution in [1.82, 2.24) is 0 Å². The second-order valence-electron chi connectivity index (χ2n) is 7.37. The van der Waals surface area contributed by atoms with Crippen LogP contribution in [0, 0.1) is 0 Å². The quantitative estimate of drug-likeness (QED) is 0.324. The molecule has 32 heavy (non-hydrogen) atoms. The minimum atomic E-state index is -0.781. The first-order valence-electron chi connectivity index (χ1n) is 10.5. The largest absolute Gasteiger partial charge is 0.484 e. The van der Waals surface area contributed by atoms with Crippen LogP contribution in [0.25, 0.3) is 0 Å². The Bertz CT molecular complexity index is 1020. The summed E-state index contributed by atoms with van der Waals surface area (Å²) in [5, 5.41) is 16.3. The summed E-state index contributed by atoms with van der Waals surface area (Å²) in [7, 11) is 1.53. The van der Waals surface area contributed by atoms with Gasteiger partial charge in [0.1, 0.15) is 24.7 Å². The first-order valence-corrected chi connectivity index (χ1v) is 10.5. The van der Waals surface area contributed by atoms with E-state index in [0.717, 1.165) is 33.8 Å². The van der Waals surface area contributed by atoms with Crippen LogP contribution in [0.1, 0.15) is 30.0 Å². The molecule has 166 valence electrons. The number of carboxylic acids is 1. The number of hydrogen-bond donors (Lipinski definition) is 2. The van der Waals surface area contributed by atoms with Gasteiger partial charge in [0, 0.05) is 24.2 Å². The summed E-state index contributed by atoms with van der Waals surface area (Å²) in [6.45, 7) is 2.62. The molecule has 0 aliphatic heterocycles. The van der Waals surface area contributed by atoms with E-state index in [1.54, 1.807) is 0 Å². The highest BCUT2D eigenvalue weighted by Crippen LogP contribution is 2.18. The molecule has 3 aromatic carbocycles. The first kappa shape index (κ1) is 22.9. The van der Waals surface area contributed by atoms with Crippen molar-refractivity contribution < 1.29 is 19.5 Å². The Morgan fingerprint density at radius 1 is 0.969 bits per heavy atom. The third-order valence-electron chi connectivity index (χ3n) is 4.96. The van der Waals surface area contributed by atoms with E-state index in [0.29, 0.717) is 13.0 Å². The van der Waals surface area contributed by atoms with Crippen molar-refractivity contribution in [3.63, 3.8) is 0 Å². The van der Waals surface area contributed by atoms with E-state index in [9.17, 15) is 4.79 Å². The monoisotopic (exact) mass is 432 g/mol. The lowest BCUT2D eigenvalue weighted by molar-refractivity contribution is -0.136. The first-order chi connectivity index (χ1) is 15.5. The van der Waals surface area contributed by atoms with Gasteiger partial charge in [-0.25, -0.2) is 0 Å². The highest BCUT2D eigenvalue weighted by molar-refractivity contribution is 6.03. The molecule has 0 saturated heterocycles. The summed E-state index contributed by atoms with van der Waals surface area (Å²) in [6.07, 6.45) is 0.404. The van der Waals surface area contributed by atoms with Gasteiger partial charge in [-0.1, -0.05) is 59.8 Å². The Labute approximate surface area is 188 Å². The Balaban J connectivity index is 1.54. The smallest absolute Gasteiger partial charge is 0.303 e. The average Bonchev–Trinajstić information content (AvgIpc) is 2.82. The van der Waals surface area contributed by atoms with Gasteiger partial charge in [0.2, 0.25) is 0 Å². The van der Waals surface area contributed by atoms with E-state index in [-0.39, 0.29) is 12.5 Å². The number of ether oxygens (including phenoxy) is 1. The molecule has 0 aliphatic rings.